The molecule has 6 nitrogen and oxygen atoms in total. The molecular weight excluding hydrogens is 408 g/mol. The van der Waals surface area contributed by atoms with Crippen molar-refractivity contribution in [2.75, 3.05) is 6.61 Å². The quantitative estimate of drug-likeness (QED) is 0.534. The Labute approximate surface area is 163 Å². The highest BCUT2D eigenvalue weighted by atomic mass is 35.5. The van der Waals surface area contributed by atoms with E-state index in [2.05, 4.69) is 10.1 Å². The third-order valence-electron chi connectivity index (χ3n) is 3.46. The van der Waals surface area contributed by atoms with Gasteiger partial charge in [-0.05, 0) is 19.9 Å². The van der Waals surface area contributed by atoms with Gasteiger partial charge in [-0.2, -0.15) is 5.10 Å². The van der Waals surface area contributed by atoms with E-state index >= 15 is 0 Å². The Balaban J connectivity index is 0.00000338. The van der Waals surface area contributed by atoms with Gasteiger partial charge >= 0.3 is 5.30 Å². The van der Waals surface area contributed by atoms with Gasteiger partial charge in [0, 0.05) is 27.7 Å². The number of halogens is 3. The predicted octanol–water partition coefficient (Wildman–Crippen LogP) is 3.79. The molecule has 0 saturated heterocycles. The van der Waals surface area contributed by atoms with Gasteiger partial charge in [-0.1, -0.05) is 16.9 Å². The summed E-state index contributed by atoms with van der Waals surface area (Å²) in [5.41, 5.74) is -1.84. The van der Waals surface area contributed by atoms with E-state index in [0.29, 0.717) is 6.07 Å². The van der Waals surface area contributed by atoms with E-state index in [0.717, 1.165) is 27.7 Å². The monoisotopic (exact) mass is 425 g/mol. The molecule has 1 N–H and O–H groups in total. The Bertz CT molecular complexity index is 724. The maximum absolute atomic E-state index is 14.3. The molecule has 11 heteroatoms. The molecule has 1 aromatic carbocycles. The minimum Gasteiger partial charge on any atom is -0.457 e. The number of hydrogen-bond donors (Lipinski definition) is 1. The summed E-state index contributed by atoms with van der Waals surface area (Å²) in [6, 6.07) is 2.96. The Hall–Kier alpha value is -1.36. The second kappa shape index (κ2) is 10.1. The molecule has 0 spiro atoms. The van der Waals surface area contributed by atoms with Gasteiger partial charge in [0.2, 0.25) is 0 Å². The van der Waals surface area contributed by atoms with Crippen LogP contribution in [0.2, 0.25) is 0 Å². The third-order valence-corrected chi connectivity index (χ3v) is 6.05. The molecule has 1 heterocycles. The van der Waals surface area contributed by atoms with Crippen LogP contribution in [-0.2, 0) is 16.9 Å². The minimum absolute atomic E-state index is 0. The lowest BCUT2D eigenvalue weighted by Gasteiger charge is -2.33. The highest BCUT2D eigenvalue weighted by Crippen LogP contribution is 2.41. The lowest BCUT2D eigenvalue weighted by atomic mass is 9.90. The van der Waals surface area contributed by atoms with Crippen LogP contribution >= 0.6 is 34.0 Å². The highest BCUT2D eigenvalue weighted by Gasteiger charge is 2.40. The van der Waals surface area contributed by atoms with Crippen molar-refractivity contribution in [3.63, 3.8) is 0 Å². The first-order valence-electron chi connectivity index (χ1n) is 7.37. The summed E-state index contributed by atoms with van der Waals surface area (Å²) in [5.74, 6) is -1.62. The van der Waals surface area contributed by atoms with Crippen LogP contribution in [0.15, 0.2) is 30.9 Å². The zero-order chi connectivity index (χ0) is 18.4. The number of nitrogens with zero attached hydrogens (tertiary/aromatic N) is 3. The number of aliphatic hydroxyl groups is 1. The average molecular weight is 426 g/mol. The fourth-order valence-electron chi connectivity index (χ4n) is 2.17. The van der Waals surface area contributed by atoms with Crippen molar-refractivity contribution < 1.29 is 23.4 Å². The Morgan fingerprint density at radius 2 is 2.19 bits per heavy atom. The van der Waals surface area contributed by atoms with Crippen LogP contribution in [0, 0.1) is 11.6 Å². The van der Waals surface area contributed by atoms with Crippen molar-refractivity contribution in [2.24, 2.45) is 0 Å². The summed E-state index contributed by atoms with van der Waals surface area (Å²) < 4.78 is 33.7. The van der Waals surface area contributed by atoms with E-state index in [1.54, 1.807) is 13.8 Å². The van der Waals surface area contributed by atoms with Gasteiger partial charge in [-0.25, -0.2) is 23.2 Å². The molecule has 0 radical (unpaired) electrons. The standard InChI is InChI=1S/C15H17F2N3O3S2.ClH/c1-3-23-14(21)25-24-10(2)15(22,7-20-9-18-8-19-20)12-5-4-11(16)6-13(12)17;/h4-6,8-10,22H,3,7H2,1-2H3;1H/t10-,15-;/m1./s1. The van der Waals surface area contributed by atoms with Crippen molar-refractivity contribution in [3.05, 3.63) is 48.1 Å². The Morgan fingerprint density at radius 1 is 1.46 bits per heavy atom. The van der Waals surface area contributed by atoms with Crippen molar-refractivity contribution in [1.82, 2.24) is 14.8 Å². The zero-order valence-electron chi connectivity index (χ0n) is 14.0. The van der Waals surface area contributed by atoms with E-state index in [1.165, 1.54) is 23.4 Å². The first-order chi connectivity index (χ1) is 11.9. The first-order valence-corrected chi connectivity index (χ1v) is 9.58. The largest absolute Gasteiger partial charge is 0.457 e. The van der Waals surface area contributed by atoms with Gasteiger partial charge < -0.3 is 9.84 Å². The van der Waals surface area contributed by atoms with Gasteiger partial charge in [0.1, 0.15) is 29.9 Å². The summed E-state index contributed by atoms with van der Waals surface area (Å²) in [4.78, 5) is 15.3. The number of rotatable bonds is 7. The van der Waals surface area contributed by atoms with Gasteiger partial charge in [0.15, 0.2) is 0 Å². The number of carbonyl (C=O) groups is 1. The van der Waals surface area contributed by atoms with E-state index in [9.17, 15) is 18.7 Å². The van der Waals surface area contributed by atoms with E-state index < -0.39 is 27.8 Å². The third kappa shape index (κ3) is 5.57. The molecule has 0 aliphatic heterocycles. The molecule has 1 aromatic heterocycles. The average Bonchev–Trinajstić information content (AvgIpc) is 3.05. The second-order valence-corrected chi connectivity index (χ2v) is 7.62. The number of hydrogen-bond acceptors (Lipinski definition) is 7. The normalized spacial score (nSPS) is 14.2. The van der Waals surface area contributed by atoms with Crippen LogP contribution in [0.5, 0.6) is 0 Å². The van der Waals surface area contributed by atoms with E-state index in [4.69, 9.17) is 4.74 Å². The second-order valence-electron chi connectivity index (χ2n) is 5.15. The van der Waals surface area contributed by atoms with Crippen molar-refractivity contribution in [1.29, 1.82) is 0 Å². The zero-order valence-corrected chi connectivity index (χ0v) is 16.4. The molecule has 144 valence electrons. The Morgan fingerprint density at radius 3 is 2.77 bits per heavy atom. The molecular formula is C15H18ClF2N3O3S2. The van der Waals surface area contributed by atoms with Crippen LogP contribution in [-0.4, -0.2) is 37.0 Å². The molecule has 0 amide bonds. The lowest BCUT2D eigenvalue weighted by Crippen LogP contribution is -2.41. The lowest BCUT2D eigenvalue weighted by molar-refractivity contribution is 0.0137. The predicted molar refractivity (Wildman–Crippen MR) is 99.2 cm³/mol. The number of aromatic nitrogens is 3. The summed E-state index contributed by atoms with van der Waals surface area (Å²) >= 11 is 0. The highest BCUT2D eigenvalue weighted by molar-refractivity contribution is 8.82. The van der Waals surface area contributed by atoms with Gasteiger partial charge in [-0.3, -0.25) is 0 Å². The molecule has 0 fully saturated rings. The summed E-state index contributed by atoms with van der Waals surface area (Å²) in [5, 5.41) is 14.0. The number of carbonyl (C=O) groups excluding carboxylic acids is 1. The summed E-state index contributed by atoms with van der Waals surface area (Å²) in [6.07, 6.45) is 2.66. The molecule has 26 heavy (non-hydrogen) atoms. The van der Waals surface area contributed by atoms with Crippen LogP contribution in [0.3, 0.4) is 0 Å². The van der Waals surface area contributed by atoms with Gasteiger partial charge in [-0.15, -0.1) is 12.4 Å². The van der Waals surface area contributed by atoms with Crippen LogP contribution in [0.4, 0.5) is 13.6 Å². The first kappa shape index (κ1) is 22.7. The molecule has 2 rings (SSSR count). The summed E-state index contributed by atoms with van der Waals surface area (Å²) in [6.45, 7) is 3.43. The van der Waals surface area contributed by atoms with Crippen molar-refractivity contribution in [2.45, 2.75) is 31.2 Å². The molecule has 2 aromatic rings. The smallest absolute Gasteiger partial charge is 0.378 e. The van der Waals surface area contributed by atoms with Crippen molar-refractivity contribution in [3.8, 4) is 0 Å². The van der Waals surface area contributed by atoms with Crippen LogP contribution < -0.4 is 0 Å². The Kier molecular flexibility index (Phi) is 8.81. The van der Waals surface area contributed by atoms with Crippen LogP contribution in [0.1, 0.15) is 19.4 Å². The van der Waals surface area contributed by atoms with E-state index in [-0.39, 0.29) is 31.1 Å². The topological polar surface area (TPSA) is 77.2 Å². The molecule has 0 aliphatic rings. The van der Waals surface area contributed by atoms with Crippen molar-refractivity contribution >= 4 is 39.3 Å². The summed E-state index contributed by atoms with van der Waals surface area (Å²) in [7, 11) is 1.84. The molecule has 0 unspecified atom stereocenters. The maximum Gasteiger partial charge on any atom is 0.378 e. The number of benzene rings is 1. The fraction of sp³-hybridized carbons (Fsp3) is 0.400. The fourth-order valence-corrected chi connectivity index (χ4v) is 4.21. The van der Waals surface area contributed by atoms with Gasteiger partial charge in [0.05, 0.1) is 13.2 Å². The number of ether oxygens (including phenoxy) is 1. The van der Waals surface area contributed by atoms with Crippen LogP contribution in [0.25, 0.3) is 0 Å². The van der Waals surface area contributed by atoms with Gasteiger partial charge in [0.25, 0.3) is 0 Å². The molecule has 0 bridgehead atoms. The minimum atomic E-state index is -1.75. The SMILES string of the molecule is CCOC(=O)SS[C@H](C)[C@](O)(Cn1cncn1)c1ccc(F)cc1F.Cl. The molecule has 2 atom stereocenters. The van der Waals surface area contributed by atoms with E-state index in [1.807, 2.05) is 0 Å². The maximum atomic E-state index is 14.3. The molecule has 0 saturated carbocycles. The molecule has 0 aliphatic carbocycles.